The van der Waals surface area contributed by atoms with Crippen molar-refractivity contribution in [1.29, 1.82) is 0 Å². The summed E-state index contributed by atoms with van der Waals surface area (Å²) in [7, 11) is 0.647. The third-order valence-electron chi connectivity index (χ3n) is 11.0. The molecule has 51 heavy (non-hydrogen) atoms. The van der Waals surface area contributed by atoms with E-state index in [1.807, 2.05) is 50.2 Å². The predicted molar refractivity (Wildman–Crippen MR) is 206 cm³/mol. The Kier molecular flexibility index (Phi) is 8.42. The molecule has 0 saturated heterocycles. The Morgan fingerprint density at radius 2 is 0.922 bits per heavy atom. The Morgan fingerprint density at radius 1 is 0.529 bits per heavy atom. The number of benzene rings is 4. The second-order valence-electron chi connectivity index (χ2n) is 14.2. The zero-order valence-corrected chi connectivity index (χ0v) is 30.9. The van der Waals surface area contributed by atoms with Gasteiger partial charge in [0.1, 0.15) is 34.7 Å². The topological polar surface area (TPSA) is 26.3 Å². The van der Waals surface area contributed by atoms with Crippen LogP contribution in [0.4, 0.5) is 8.78 Å². The number of aryl methyl sites for hydroxylation is 4. The third kappa shape index (κ3) is 5.87. The molecule has 254 valence electrons. The lowest BCUT2D eigenvalue weighted by molar-refractivity contribution is 0.518. The van der Waals surface area contributed by atoms with E-state index in [1.54, 1.807) is 24.3 Å². The molecule has 0 amide bonds. The summed E-state index contributed by atoms with van der Waals surface area (Å²) in [4.78, 5) is 0. The molecule has 6 aromatic rings. The van der Waals surface area contributed by atoms with Gasteiger partial charge in [0.25, 0.3) is 0 Å². The van der Waals surface area contributed by atoms with Crippen molar-refractivity contribution in [2.75, 3.05) is 0 Å². The molecule has 2 aliphatic carbocycles. The van der Waals surface area contributed by atoms with E-state index in [4.69, 9.17) is 8.83 Å². The highest BCUT2D eigenvalue weighted by Gasteiger charge is 2.34. The highest BCUT2D eigenvalue weighted by atomic mass is 28.2. The number of fused-ring (bicyclic) bond motifs is 2. The van der Waals surface area contributed by atoms with Crippen molar-refractivity contribution in [3.63, 3.8) is 0 Å². The Morgan fingerprint density at radius 3 is 1.27 bits per heavy atom. The molecule has 2 radical (unpaired) electrons. The van der Waals surface area contributed by atoms with Crippen LogP contribution >= 0.6 is 0 Å². The Balaban J connectivity index is 1.18. The average molecular weight is 691 g/mol. The van der Waals surface area contributed by atoms with Crippen LogP contribution in [0.25, 0.3) is 45.6 Å². The van der Waals surface area contributed by atoms with Crippen molar-refractivity contribution >= 4 is 32.8 Å². The molecule has 0 aliphatic heterocycles. The van der Waals surface area contributed by atoms with Crippen LogP contribution in [0.15, 0.2) is 93.8 Å². The van der Waals surface area contributed by atoms with Crippen LogP contribution in [0.2, 0.25) is 12.1 Å². The van der Waals surface area contributed by atoms with Gasteiger partial charge in [-0.1, -0.05) is 36.4 Å². The zero-order valence-electron chi connectivity index (χ0n) is 29.9. The maximum Gasteiger partial charge on any atom is 0.130 e. The van der Waals surface area contributed by atoms with Crippen LogP contribution in [-0.2, 0) is 0 Å². The highest BCUT2D eigenvalue weighted by Crippen LogP contribution is 2.52. The maximum atomic E-state index is 14.0. The van der Waals surface area contributed by atoms with Gasteiger partial charge in [-0.2, -0.15) is 0 Å². The minimum absolute atomic E-state index is 0.163. The smallest absolute Gasteiger partial charge is 0.130 e. The van der Waals surface area contributed by atoms with Crippen molar-refractivity contribution in [2.24, 2.45) is 0 Å². The van der Waals surface area contributed by atoms with Crippen LogP contribution in [0.3, 0.4) is 0 Å². The van der Waals surface area contributed by atoms with E-state index >= 15 is 0 Å². The molecule has 2 aromatic heterocycles. The lowest BCUT2D eigenvalue weighted by Gasteiger charge is -2.22. The van der Waals surface area contributed by atoms with E-state index in [1.165, 1.54) is 66.8 Å². The molecule has 2 aliphatic rings. The summed E-state index contributed by atoms with van der Waals surface area (Å²) in [5.41, 5.74) is 16.7. The van der Waals surface area contributed by atoms with Gasteiger partial charge in [0.15, 0.2) is 0 Å². The van der Waals surface area contributed by atoms with Crippen molar-refractivity contribution in [1.82, 2.24) is 0 Å². The summed E-state index contributed by atoms with van der Waals surface area (Å²) in [6, 6.07) is 28.7. The lowest BCUT2D eigenvalue weighted by atomic mass is 9.87. The molecule has 0 saturated carbocycles. The van der Waals surface area contributed by atoms with Gasteiger partial charge >= 0.3 is 0 Å². The van der Waals surface area contributed by atoms with Crippen LogP contribution in [0.5, 0.6) is 0 Å². The molecule has 2 atom stereocenters. The first-order valence-electron chi connectivity index (χ1n) is 17.6. The van der Waals surface area contributed by atoms with Gasteiger partial charge in [-0.15, -0.1) is 0 Å². The van der Waals surface area contributed by atoms with E-state index < -0.39 is 0 Å². The number of allylic oxidation sites excluding steroid dienone is 2. The minimum atomic E-state index is -0.233. The minimum Gasteiger partial charge on any atom is -0.462 e. The van der Waals surface area contributed by atoms with Crippen molar-refractivity contribution < 1.29 is 17.6 Å². The Labute approximate surface area is 301 Å². The Bertz CT molecular complexity index is 2200. The summed E-state index contributed by atoms with van der Waals surface area (Å²) in [6.07, 6.45) is 4.63. The van der Waals surface area contributed by atoms with Gasteiger partial charge in [-0.25, -0.2) is 8.78 Å². The molecule has 0 spiro atoms. The van der Waals surface area contributed by atoms with Crippen LogP contribution in [0, 0.1) is 53.2 Å². The first kappa shape index (κ1) is 33.2. The monoisotopic (exact) mass is 690 g/mol. The molecule has 2 unspecified atom stereocenters. The lowest BCUT2D eigenvalue weighted by Crippen LogP contribution is -2.08. The van der Waals surface area contributed by atoms with Crippen molar-refractivity contribution in [3.05, 3.63) is 164 Å². The zero-order chi connectivity index (χ0) is 35.6. The summed E-state index contributed by atoms with van der Waals surface area (Å²) < 4.78 is 40.6. The SMILES string of the molecule is Cc1ccc(C2=Cc3c(cc(C)c(C)c3-c3ccc(F)cc3)C2C[Si]CC2C(c3ccc(C)o3)=Cc3c2cc(C)c(C)c3-c2ccc(F)cc2)o1. The quantitative estimate of drug-likeness (QED) is 0.149. The van der Waals surface area contributed by atoms with E-state index in [0.717, 1.165) is 46.3 Å². The Hall–Kier alpha value is -5.00. The number of rotatable bonds is 8. The molecule has 8 rings (SSSR count). The molecular weight excluding hydrogens is 651 g/mol. The number of hydrogen-bond donors (Lipinski definition) is 0. The average Bonchev–Trinajstić information content (AvgIpc) is 3.90. The molecule has 4 aromatic carbocycles. The molecule has 0 N–H and O–H groups in total. The van der Waals surface area contributed by atoms with Crippen LogP contribution in [-0.4, -0.2) is 9.52 Å². The van der Waals surface area contributed by atoms with Crippen LogP contribution in [0.1, 0.15) is 79.4 Å². The van der Waals surface area contributed by atoms with Gasteiger partial charge in [-0.05, 0) is 181 Å². The van der Waals surface area contributed by atoms with E-state index in [0.29, 0.717) is 9.52 Å². The van der Waals surface area contributed by atoms with E-state index in [2.05, 4.69) is 64.1 Å². The largest absolute Gasteiger partial charge is 0.462 e. The van der Waals surface area contributed by atoms with Gasteiger partial charge in [0, 0.05) is 32.5 Å². The predicted octanol–water partition coefficient (Wildman–Crippen LogP) is 12.9. The van der Waals surface area contributed by atoms with E-state index in [-0.39, 0.29) is 23.5 Å². The number of furan rings is 2. The number of halogens is 2. The fraction of sp³-hybridized carbons (Fsp3) is 0.217. The summed E-state index contributed by atoms with van der Waals surface area (Å²) in [5.74, 6) is 3.46. The second kappa shape index (κ2) is 13.0. The second-order valence-corrected chi connectivity index (χ2v) is 15.5. The van der Waals surface area contributed by atoms with Gasteiger partial charge in [0.2, 0.25) is 0 Å². The highest BCUT2D eigenvalue weighted by molar-refractivity contribution is 6.37. The summed E-state index contributed by atoms with van der Waals surface area (Å²) >= 11 is 0. The molecule has 0 fully saturated rings. The molecule has 2 nitrogen and oxygen atoms in total. The molecular formula is C46H40F2O2Si. The first-order chi connectivity index (χ1) is 24.6. The van der Waals surface area contributed by atoms with Gasteiger partial charge < -0.3 is 8.83 Å². The summed E-state index contributed by atoms with van der Waals surface area (Å²) in [6.45, 7) is 12.7. The molecule has 0 bridgehead atoms. The van der Waals surface area contributed by atoms with Crippen LogP contribution < -0.4 is 0 Å². The van der Waals surface area contributed by atoms with Crippen molar-refractivity contribution in [2.45, 2.75) is 65.5 Å². The third-order valence-corrected chi connectivity index (χ3v) is 12.3. The normalized spacial score (nSPS) is 16.3. The maximum absolute atomic E-state index is 14.0. The fourth-order valence-electron chi connectivity index (χ4n) is 8.11. The van der Waals surface area contributed by atoms with Gasteiger partial charge in [-0.3, -0.25) is 0 Å². The standard InChI is InChI=1S/C46H40F2O2Si/c1-25-19-35-39(45(29(25)5)31-9-13-33(47)14-10-31)21-37(43-17-7-27(3)49-43)41(35)23-51-24-42-36-20-26(2)30(6)46(32-11-15-34(48)16-12-32)40(36)22-38(42)44-18-8-28(4)50-44/h7-22,41-42H,23-24H2,1-6H3. The number of hydrogen-bond acceptors (Lipinski definition) is 2. The molecule has 2 heterocycles. The van der Waals surface area contributed by atoms with E-state index in [9.17, 15) is 8.78 Å². The molecule has 5 heteroatoms. The first-order valence-corrected chi connectivity index (χ1v) is 19.1. The fourth-order valence-corrected chi connectivity index (χ4v) is 9.74. The summed E-state index contributed by atoms with van der Waals surface area (Å²) in [5, 5.41) is 0. The van der Waals surface area contributed by atoms with Crippen molar-refractivity contribution in [3.8, 4) is 22.3 Å². The van der Waals surface area contributed by atoms with Gasteiger partial charge in [0.05, 0.1) is 0 Å².